The number of hydrogen-bond acceptors (Lipinski definition) is 6. The lowest BCUT2D eigenvalue weighted by atomic mass is 10.1. The predicted molar refractivity (Wildman–Crippen MR) is 111 cm³/mol. The molecule has 0 bridgehead atoms. The fourth-order valence-electron chi connectivity index (χ4n) is 3.65. The van der Waals surface area contributed by atoms with E-state index in [4.69, 9.17) is 9.47 Å². The van der Waals surface area contributed by atoms with Crippen molar-refractivity contribution in [2.75, 3.05) is 33.0 Å². The number of carbonyl (C=O) groups excluding carboxylic acids is 1. The summed E-state index contributed by atoms with van der Waals surface area (Å²) in [6, 6.07) is 13.2. The van der Waals surface area contributed by atoms with E-state index >= 15 is 0 Å². The third kappa shape index (κ3) is 4.58. The van der Waals surface area contributed by atoms with Crippen LogP contribution in [0.15, 0.2) is 53.4 Å². The standard InChI is InChI=1S/C21H25N3O5S/c1-16(22-30(26,27)18-5-3-2-4-6-18)21(25)24-11-9-23(10-12-24)14-17-7-8-19-20(13-17)29-15-28-19/h2-8,13,16,22H,9-12,14-15H2,1H3. The topological polar surface area (TPSA) is 88.2 Å². The van der Waals surface area contributed by atoms with Gasteiger partial charge in [0.2, 0.25) is 22.7 Å². The number of hydrogen-bond donors (Lipinski definition) is 1. The van der Waals surface area contributed by atoms with Crippen LogP contribution < -0.4 is 14.2 Å². The van der Waals surface area contributed by atoms with E-state index in [1.54, 1.807) is 30.0 Å². The summed E-state index contributed by atoms with van der Waals surface area (Å²) in [6.45, 7) is 5.15. The lowest BCUT2D eigenvalue weighted by Gasteiger charge is -2.36. The van der Waals surface area contributed by atoms with Gasteiger partial charge in [-0.15, -0.1) is 0 Å². The third-order valence-corrected chi connectivity index (χ3v) is 6.84. The second-order valence-corrected chi connectivity index (χ2v) is 9.16. The molecule has 1 N–H and O–H groups in total. The average Bonchev–Trinajstić information content (AvgIpc) is 3.22. The highest BCUT2D eigenvalue weighted by Gasteiger charge is 2.28. The molecule has 1 atom stereocenters. The number of piperazine rings is 1. The maximum Gasteiger partial charge on any atom is 0.241 e. The molecule has 30 heavy (non-hydrogen) atoms. The molecule has 160 valence electrons. The first kappa shape index (κ1) is 20.6. The van der Waals surface area contributed by atoms with Crippen LogP contribution in [0.25, 0.3) is 0 Å². The monoisotopic (exact) mass is 431 g/mol. The van der Waals surface area contributed by atoms with Crippen molar-refractivity contribution in [3.8, 4) is 11.5 Å². The van der Waals surface area contributed by atoms with Crippen molar-refractivity contribution in [2.24, 2.45) is 0 Å². The Labute approximate surface area is 176 Å². The Hall–Kier alpha value is -2.62. The van der Waals surface area contributed by atoms with Crippen LogP contribution in [0.1, 0.15) is 12.5 Å². The molecule has 0 saturated carbocycles. The molecule has 0 aromatic heterocycles. The number of rotatable bonds is 6. The van der Waals surface area contributed by atoms with Crippen LogP contribution in [0.3, 0.4) is 0 Å². The van der Waals surface area contributed by atoms with Gasteiger partial charge in [0, 0.05) is 32.7 Å². The van der Waals surface area contributed by atoms with Gasteiger partial charge >= 0.3 is 0 Å². The van der Waals surface area contributed by atoms with Crippen LogP contribution in [0.2, 0.25) is 0 Å². The van der Waals surface area contributed by atoms with E-state index in [-0.39, 0.29) is 17.6 Å². The molecular formula is C21H25N3O5S. The van der Waals surface area contributed by atoms with Gasteiger partial charge in [0.1, 0.15) is 0 Å². The predicted octanol–water partition coefficient (Wildman–Crippen LogP) is 1.43. The smallest absolute Gasteiger partial charge is 0.241 e. The summed E-state index contributed by atoms with van der Waals surface area (Å²) >= 11 is 0. The Morgan fingerprint density at radius 2 is 1.73 bits per heavy atom. The SMILES string of the molecule is CC(NS(=O)(=O)c1ccccc1)C(=O)N1CCN(Cc2ccc3c(c2)OCO3)CC1. The minimum absolute atomic E-state index is 0.151. The summed E-state index contributed by atoms with van der Waals surface area (Å²) in [7, 11) is -3.73. The normalized spacial score (nSPS) is 17.7. The van der Waals surface area contributed by atoms with Gasteiger partial charge in [0.15, 0.2) is 11.5 Å². The molecule has 0 spiro atoms. The zero-order valence-electron chi connectivity index (χ0n) is 16.8. The van der Waals surface area contributed by atoms with Gasteiger partial charge in [0.25, 0.3) is 0 Å². The molecule has 1 amide bonds. The van der Waals surface area contributed by atoms with Crippen molar-refractivity contribution < 1.29 is 22.7 Å². The fourth-order valence-corrected chi connectivity index (χ4v) is 4.87. The summed E-state index contributed by atoms with van der Waals surface area (Å²) in [5.74, 6) is 1.32. The van der Waals surface area contributed by atoms with E-state index in [2.05, 4.69) is 9.62 Å². The van der Waals surface area contributed by atoms with Crippen molar-refractivity contribution in [1.29, 1.82) is 0 Å². The van der Waals surface area contributed by atoms with E-state index in [0.717, 1.165) is 36.7 Å². The molecular weight excluding hydrogens is 406 g/mol. The Kier molecular flexibility index (Phi) is 5.94. The van der Waals surface area contributed by atoms with Crippen LogP contribution in [0.4, 0.5) is 0 Å². The van der Waals surface area contributed by atoms with Crippen molar-refractivity contribution >= 4 is 15.9 Å². The van der Waals surface area contributed by atoms with E-state index in [9.17, 15) is 13.2 Å². The van der Waals surface area contributed by atoms with Crippen molar-refractivity contribution in [3.05, 3.63) is 54.1 Å². The number of amides is 1. The second kappa shape index (κ2) is 8.63. The Balaban J connectivity index is 1.29. The Bertz CT molecular complexity index is 1000. The number of fused-ring (bicyclic) bond motifs is 1. The summed E-state index contributed by atoms with van der Waals surface area (Å²) in [5, 5.41) is 0. The van der Waals surface area contributed by atoms with Crippen LogP contribution in [-0.4, -0.2) is 63.1 Å². The van der Waals surface area contributed by atoms with Gasteiger partial charge in [-0.05, 0) is 36.8 Å². The Morgan fingerprint density at radius 1 is 1.03 bits per heavy atom. The first-order valence-electron chi connectivity index (χ1n) is 9.89. The van der Waals surface area contributed by atoms with Crippen LogP contribution in [0.5, 0.6) is 11.5 Å². The van der Waals surface area contributed by atoms with Gasteiger partial charge in [-0.1, -0.05) is 24.3 Å². The minimum atomic E-state index is -3.73. The van der Waals surface area contributed by atoms with Crippen LogP contribution in [0, 0.1) is 0 Å². The summed E-state index contributed by atoms with van der Waals surface area (Å²) in [6.07, 6.45) is 0. The molecule has 2 aliphatic rings. The molecule has 9 heteroatoms. The molecule has 0 aliphatic carbocycles. The molecule has 1 fully saturated rings. The zero-order valence-corrected chi connectivity index (χ0v) is 17.6. The third-order valence-electron chi connectivity index (χ3n) is 5.28. The van der Waals surface area contributed by atoms with Gasteiger partial charge in [-0.2, -0.15) is 4.72 Å². The number of nitrogens with one attached hydrogen (secondary N) is 1. The lowest BCUT2D eigenvalue weighted by Crippen LogP contribution is -2.53. The van der Waals surface area contributed by atoms with Gasteiger partial charge < -0.3 is 14.4 Å². The highest BCUT2D eigenvalue weighted by Crippen LogP contribution is 2.32. The molecule has 2 aromatic carbocycles. The molecule has 4 rings (SSSR count). The van der Waals surface area contributed by atoms with E-state index in [1.807, 2.05) is 18.2 Å². The van der Waals surface area contributed by atoms with Gasteiger partial charge in [0.05, 0.1) is 10.9 Å². The summed E-state index contributed by atoms with van der Waals surface area (Å²) < 4.78 is 38.2. The van der Waals surface area contributed by atoms with E-state index in [0.29, 0.717) is 13.1 Å². The van der Waals surface area contributed by atoms with Gasteiger partial charge in [-0.3, -0.25) is 9.69 Å². The highest BCUT2D eigenvalue weighted by atomic mass is 32.2. The molecule has 2 aliphatic heterocycles. The van der Waals surface area contributed by atoms with Crippen LogP contribution in [-0.2, 0) is 21.4 Å². The average molecular weight is 432 g/mol. The number of benzene rings is 2. The maximum atomic E-state index is 12.8. The lowest BCUT2D eigenvalue weighted by molar-refractivity contribution is -0.134. The Morgan fingerprint density at radius 3 is 2.47 bits per heavy atom. The molecule has 2 aromatic rings. The number of sulfonamides is 1. The first-order chi connectivity index (χ1) is 14.4. The molecule has 8 nitrogen and oxygen atoms in total. The molecule has 2 heterocycles. The van der Waals surface area contributed by atoms with Crippen LogP contribution >= 0.6 is 0 Å². The molecule has 0 radical (unpaired) electrons. The quantitative estimate of drug-likeness (QED) is 0.745. The fraction of sp³-hybridized carbons (Fsp3) is 0.381. The molecule has 1 saturated heterocycles. The highest BCUT2D eigenvalue weighted by molar-refractivity contribution is 7.89. The van der Waals surface area contributed by atoms with E-state index < -0.39 is 16.1 Å². The first-order valence-corrected chi connectivity index (χ1v) is 11.4. The summed E-state index contributed by atoms with van der Waals surface area (Å²) in [4.78, 5) is 16.9. The van der Waals surface area contributed by atoms with Crippen molar-refractivity contribution in [1.82, 2.24) is 14.5 Å². The zero-order chi connectivity index (χ0) is 21.1. The number of ether oxygens (including phenoxy) is 2. The number of carbonyl (C=O) groups is 1. The van der Waals surface area contributed by atoms with Gasteiger partial charge in [-0.25, -0.2) is 8.42 Å². The summed E-state index contributed by atoms with van der Waals surface area (Å²) in [5.41, 5.74) is 1.13. The minimum Gasteiger partial charge on any atom is -0.454 e. The van der Waals surface area contributed by atoms with Crippen molar-refractivity contribution in [3.63, 3.8) is 0 Å². The number of nitrogens with zero attached hydrogens (tertiary/aromatic N) is 2. The van der Waals surface area contributed by atoms with E-state index in [1.165, 1.54) is 12.1 Å². The maximum absolute atomic E-state index is 12.8. The molecule has 1 unspecified atom stereocenters. The largest absolute Gasteiger partial charge is 0.454 e. The second-order valence-electron chi connectivity index (χ2n) is 7.45. The van der Waals surface area contributed by atoms with Crippen molar-refractivity contribution in [2.45, 2.75) is 24.4 Å².